The lowest BCUT2D eigenvalue weighted by Crippen LogP contribution is -2.08. The van der Waals surface area contributed by atoms with Crippen LogP contribution in [0.2, 0.25) is 5.15 Å². The van der Waals surface area contributed by atoms with Gasteiger partial charge in [-0.15, -0.1) is 0 Å². The van der Waals surface area contributed by atoms with E-state index in [4.69, 9.17) is 16.3 Å². The fourth-order valence-corrected chi connectivity index (χ4v) is 1.93. The van der Waals surface area contributed by atoms with Gasteiger partial charge in [-0.2, -0.15) is 15.1 Å². The highest BCUT2D eigenvalue weighted by molar-refractivity contribution is 6.29. The summed E-state index contributed by atoms with van der Waals surface area (Å²) in [5, 5.41) is 4.59. The number of hydrazone groups is 1. The second kappa shape index (κ2) is 7.09. The predicted octanol–water partition coefficient (Wildman–Crippen LogP) is 3.04. The molecule has 1 aromatic heterocycles. The summed E-state index contributed by atoms with van der Waals surface area (Å²) in [5.74, 6) is 0.473. The van der Waals surface area contributed by atoms with Crippen molar-refractivity contribution in [1.82, 2.24) is 9.97 Å². The number of anilines is 2. The molecule has 1 N–H and O–H groups in total. The van der Waals surface area contributed by atoms with Crippen molar-refractivity contribution in [3.63, 3.8) is 0 Å². The normalized spacial score (nSPS) is 11.2. The Balaban J connectivity index is 2.13. The van der Waals surface area contributed by atoms with Crippen LogP contribution in [0.1, 0.15) is 12.5 Å². The predicted molar refractivity (Wildman–Crippen MR) is 90.2 cm³/mol. The van der Waals surface area contributed by atoms with E-state index in [1.165, 1.54) is 7.11 Å². The zero-order valence-corrected chi connectivity index (χ0v) is 13.7. The van der Waals surface area contributed by atoms with Crippen molar-refractivity contribution in [2.75, 3.05) is 31.5 Å². The summed E-state index contributed by atoms with van der Waals surface area (Å²) in [7, 11) is 5.49. The molecule has 0 fully saturated rings. The SMILES string of the molecule is COc1nc(Cl)cc(N/N=C(\C)c2ccc(N(C)C)cc2)n1. The summed E-state index contributed by atoms with van der Waals surface area (Å²) in [6, 6.07) is 9.89. The van der Waals surface area contributed by atoms with Gasteiger partial charge in [0.1, 0.15) is 5.15 Å². The number of nitrogens with zero attached hydrogens (tertiary/aromatic N) is 4. The first-order valence-corrected chi connectivity index (χ1v) is 7.04. The molecule has 0 aliphatic heterocycles. The molecule has 0 radical (unpaired) electrons. The lowest BCUT2D eigenvalue weighted by atomic mass is 10.1. The number of benzene rings is 1. The molecule has 0 bridgehead atoms. The molecule has 0 unspecified atom stereocenters. The molecule has 22 heavy (non-hydrogen) atoms. The largest absolute Gasteiger partial charge is 0.467 e. The van der Waals surface area contributed by atoms with E-state index >= 15 is 0 Å². The maximum absolute atomic E-state index is 5.88. The first-order valence-electron chi connectivity index (χ1n) is 6.66. The Morgan fingerprint density at radius 3 is 2.50 bits per heavy atom. The smallest absolute Gasteiger partial charge is 0.319 e. The number of aromatic nitrogens is 2. The molecule has 2 aromatic rings. The molecular formula is C15H18ClN5O. The van der Waals surface area contributed by atoms with Crippen molar-refractivity contribution in [2.24, 2.45) is 5.10 Å². The van der Waals surface area contributed by atoms with Gasteiger partial charge in [0.05, 0.1) is 12.8 Å². The van der Waals surface area contributed by atoms with Crippen LogP contribution in [-0.4, -0.2) is 36.9 Å². The van der Waals surface area contributed by atoms with Crippen molar-refractivity contribution in [3.8, 4) is 6.01 Å². The number of methoxy groups -OCH3 is 1. The molecular weight excluding hydrogens is 302 g/mol. The second-order valence-electron chi connectivity index (χ2n) is 4.81. The van der Waals surface area contributed by atoms with Gasteiger partial charge in [0.15, 0.2) is 5.82 Å². The third-order valence-electron chi connectivity index (χ3n) is 3.00. The van der Waals surface area contributed by atoms with Crippen molar-refractivity contribution in [1.29, 1.82) is 0 Å². The number of rotatable bonds is 5. The number of hydrogen-bond acceptors (Lipinski definition) is 6. The minimum atomic E-state index is 0.193. The highest BCUT2D eigenvalue weighted by Crippen LogP contribution is 2.16. The molecule has 7 heteroatoms. The molecule has 116 valence electrons. The number of nitrogens with one attached hydrogen (secondary N) is 1. The Bertz CT molecular complexity index is 670. The van der Waals surface area contributed by atoms with Crippen LogP contribution >= 0.6 is 11.6 Å². The molecule has 0 saturated heterocycles. The Labute approximate surface area is 134 Å². The summed E-state index contributed by atoms with van der Waals surface area (Å²) >= 11 is 5.88. The molecule has 0 spiro atoms. The molecule has 0 aliphatic rings. The topological polar surface area (TPSA) is 62.6 Å². The van der Waals surface area contributed by atoms with Crippen LogP contribution < -0.4 is 15.1 Å². The molecule has 0 amide bonds. The first-order chi connectivity index (χ1) is 10.5. The van der Waals surface area contributed by atoms with Crippen LogP contribution in [0.4, 0.5) is 11.5 Å². The van der Waals surface area contributed by atoms with Crippen molar-refractivity contribution in [3.05, 3.63) is 41.0 Å². The molecule has 1 aromatic carbocycles. The number of halogens is 1. The maximum Gasteiger partial charge on any atom is 0.319 e. The average Bonchev–Trinajstić information content (AvgIpc) is 2.52. The standard InChI is InChI=1S/C15H18ClN5O/c1-10(11-5-7-12(8-6-11)21(2)3)19-20-14-9-13(16)17-15(18-14)22-4/h5-9H,1-4H3,(H,17,18,20)/b19-10+. The molecule has 6 nitrogen and oxygen atoms in total. The van der Waals surface area contributed by atoms with Gasteiger partial charge in [-0.3, -0.25) is 5.43 Å². The molecule has 1 heterocycles. The van der Waals surface area contributed by atoms with Crippen molar-refractivity contribution in [2.45, 2.75) is 6.92 Å². The fraction of sp³-hybridized carbons (Fsp3) is 0.267. The lowest BCUT2D eigenvalue weighted by Gasteiger charge is -2.12. The van der Waals surface area contributed by atoms with Crippen LogP contribution in [-0.2, 0) is 0 Å². The Morgan fingerprint density at radius 1 is 1.23 bits per heavy atom. The summed E-state index contributed by atoms with van der Waals surface area (Å²) in [4.78, 5) is 10.1. The number of hydrogen-bond donors (Lipinski definition) is 1. The van der Waals surface area contributed by atoms with Gasteiger partial charge in [0.2, 0.25) is 0 Å². The van der Waals surface area contributed by atoms with Crippen LogP contribution in [0.3, 0.4) is 0 Å². The van der Waals surface area contributed by atoms with E-state index < -0.39 is 0 Å². The van der Waals surface area contributed by atoms with Crippen LogP contribution in [0.5, 0.6) is 6.01 Å². The van der Waals surface area contributed by atoms with Crippen LogP contribution in [0.25, 0.3) is 0 Å². The van der Waals surface area contributed by atoms with Gasteiger partial charge in [0, 0.05) is 25.8 Å². The summed E-state index contributed by atoms with van der Waals surface area (Å²) < 4.78 is 4.96. The third-order valence-corrected chi connectivity index (χ3v) is 3.19. The number of ether oxygens (including phenoxy) is 1. The van der Waals surface area contributed by atoms with Crippen LogP contribution in [0.15, 0.2) is 35.4 Å². The highest BCUT2D eigenvalue weighted by Gasteiger charge is 2.03. The highest BCUT2D eigenvalue weighted by atomic mass is 35.5. The van der Waals surface area contributed by atoms with Gasteiger partial charge in [-0.25, -0.2) is 0 Å². The van der Waals surface area contributed by atoms with Crippen LogP contribution in [0, 0.1) is 0 Å². The monoisotopic (exact) mass is 319 g/mol. The molecule has 2 rings (SSSR count). The Morgan fingerprint density at radius 2 is 1.91 bits per heavy atom. The quantitative estimate of drug-likeness (QED) is 0.521. The first kappa shape index (κ1) is 16.0. The van der Waals surface area contributed by atoms with E-state index in [1.54, 1.807) is 6.07 Å². The van der Waals surface area contributed by atoms with E-state index in [9.17, 15) is 0 Å². The van der Waals surface area contributed by atoms with Gasteiger partial charge >= 0.3 is 6.01 Å². The van der Waals surface area contributed by atoms with Gasteiger partial charge < -0.3 is 9.64 Å². The second-order valence-corrected chi connectivity index (χ2v) is 5.20. The van der Waals surface area contributed by atoms with Gasteiger partial charge in [-0.05, 0) is 24.6 Å². The summed E-state index contributed by atoms with van der Waals surface area (Å²) in [6.07, 6.45) is 0. The lowest BCUT2D eigenvalue weighted by molar-refractivity contribution is 0.380. The Kier molecular flexibility index (Phi) is 5.16. The summed E-state index contributed by atoms with van der Waals surface area (Å²) in [5.41, 5.74) is 5.84. The molecule has 0 saturated carbocycles. The van der Waals surface area contributed by atoms with E-state index in [-0.39, 0.29) is 11.2 Å². The maximum atomic E-state index is 5.88. The van der Waals surface area contributed by atoms with E-state index in [0.717, 1.165) is 17.0 Å². The minimum absolute atomic E-state index is 0.193. The average molecular weight is 320 g/mol. The summed E-state index contributed by atoms with van der Waals surface area (Å²) in [6.45, 7) is 1.91. The molecule has 0 aliphatic carbocycles. The molecule has 0 atom stereocenters. The Hall–Kier alpha value is -2.34. The van der Waals surface area contributed by atoms with Crippen molar-refractivity contribution >= 4 is 28.8 Å². The van der Waals surface area contributed by atoms with Crippen molar-refractivity contribution < 1.29 is 4.74 Å². The minimum Gasteiger partial charge on any atom is -0.467 e. The van der Waals surface area contributed by atoms with Gasteiger partial charge in [0.25, 0.3) is 0 Å². The van der Waals surface area contributed by atoms with Gasteiger partial charge in [-0.1, -0.05) is 23.7 Å². The zero-order valence-electron chi connectivity index (χ0n) is 13.0. The zero-order chi connectivity index (χ0) is 16.1. The third kappa shape index (κ3) is 4.08. The van der Waals surface area contributed by atoms with E-state index in [2.05, 4.69) is 20.5 Å². The fourth-order valence-electron chi connectivity index (χ4n) is 1.75. The van der Waals surface area contributed by atoms with E-state index in [0.29, 0.717) is 5.82 Å². The van der Waals surface area contributed by atoms with E-state index in [1.807, 2.05) is 50.2 Å².